The molecule has 0 spiro atoms. The minimum atomic E-state index is -0.968. The van der Waals surface area contributed by atoms with Gasteiger partial charge in [0.1, 0.15) is 0 Å². The van der Waals surface area contributed by atoms with Gasteiger partial charge in [0.05, 0.1) is 17.6 Å². The maximum absolute atomic E-state index is 12.7. The molecule has 1 aromatic carbocycles. The quantitative estimate of drug-likeness (QED) is 0.609. The van der Waals surface area contributed by atoms with E-state index in [4.69, 9.17) is 5.11 Å². The number of benzene rings is 1. The Balaban J connectivity index is 1.67. The van der Waals surface area contributed by atoms with Crippen LogP contribution >= 0.6 is 15.9 Å². The first-order chi connectivity index (χ1) is 13.3. The van der Waals surface area contributed by atoms with Crippen LogP contribution in [0.1, 0.15) is 56.6 Å². The highest BCUT2D eigenvalue weighted by molar-refractivity contribution is 9.10. The monoisotopic (exact) mass is 450 g/mol. The molecule has 2 fully saturated rings. The Kier molecular flexibility index (Phi) is 4.95. The van der Waals surface area contributed by atoms with Crippen molar-refractivity contribution in [1.29, 1.82) is 0 Å². The van der Waals surface area contributed by atoms with Gasteiger partial charge in [0.2, 0.25) is 0 Å². The SMILES string of the molecule is O=C(O)CCC(=O)C1(NC2c3cc(Br)ccc3N(C(=O)O)C3CCCC23)CC1. The number of carboxylic acids is 1. The molecule has 1 heterocycles. The van der Waals surface area contributed by atoms with Crippen LogP contribution < -0.4 is 10.2 Å². The van der Waals surface area contributed by atoms with E-state index in [2.05, 4.69) is 21.2 Å². The van der Waals surface area contributed by atoms with Crippen molar-refractivity contribution in [2.45, 2.75) is 62.6 Å². The summed E-state index contributed by atoms with van der Waals surface area (Å²) >= 11 is 3.49. The number of anilines is 1. The zero-order valence-corrected chi connectivity index (χ0v) is 16.9. The lowest BCUT2D eigenvalue weighted by molar-refractivity contribution is -0.139. The molecule has 0 radical (unpaired) electrons. The molecule has 3 unspecified atom stereocenters. The summed E-state index contributed by atoms with van der Waals surface area (Å²) in [6.45, 7) is 0. The second kappa shape index (κ2) is 7.15. The van der Waals surface area contributed by atoms with Crippen molar-refractivity contribution in [3.8, 4) is 0 Å². The van der Waals surface area contributed by atoms with Crippen LogP contribution in [0.15, 0.2) is 22.7 Å². The van der Waals surface area contributed by atoms with Gasteiger partial charge in [-0.1, -0.05) is 22.4 Å². The van der Waals surface area contributed by atoms with Crippen molar-refractivity contribution >= 4 is 39.5 Å². The molecule has 150 valence electrons. The Morgan fingerprint density at radius 3 is 2.57 bits per heavy atom. The maximum Gasteiger partial charge on any atom is 0.412 e. The zero-order chi connectivity index (χ0) is 20.1. The minimum Gasteiger partial charge on any atom is -0.481 e. The molecule has 3 N–H and O–H groups in total. The number of carboxylic acid groups (broad SMARTS) is 2. The van der Waals surface area contributed by atoms with Crippen molar-refractivity contribution in [3.63, 3.8) is 0 Å². The average Bonchev–Trinajstić information content (AvgIpc) is 3.27. The predicted molar refractivity (Wildman–Crippen MR) is 105 cm³/mol. The van der Waals surface area contributed by atoms with E-state index < -0.39 is 17.6 Å². The molecule has 4 rings (SSSR count). The number of hydrogen-bond donors (Lipinski definition) is 3. The maximum atomic E-state index is 12.7. The number of nitrogens with one attached hydrogen (secondary N) is 1. The first-order valence-corrected chi connectivity index (χ1v) is 10.5. The molecule has 2 aliphatic carbocycles. The topological polar surface area (TPSA) is 107 Å². The fourth-order valence-electron chi connectivity index (χ4n) is 4.90. The van der Waals surface area contributed by atoms with E-state index in [-0.39, 0.29) is 36.6 Å². The lowest BCUT2D eigenvalue weighted by Gasteiger charge is -2.44. The summed E-state index contributed by atoms with van der Waals surface area (Å²) in [6.07, 6.45) is 2.98. The van der Waals surface area contributed by atoms with Crippen LogP contribution in [0.4, 0.5) is 10.5 Å². The number of carbonyl (C=O) groups excluding carboxylic acids is 1. The van der Waals surface area contributed by atoms with Gasteiger partial charge in [-0.25, -0.2) is 4.79 Å². The number of rotatable bonds is 6. The smallest absolute Gasteiger partial charge is 0.412 e. The highest BCUT2D eigenvalue weighted by Crippen LogP contribution is 2.51. The Bertz CT molecular complexity index is 838. The number of hydrogen-bond acceptors (Lipinski definition) is 4. The van der Waals surface area contributed by atoms with Gasteiger partial charge in [0.25, 0.3) is 0 Å². The van der Waals surface area contributed by atoms with Crippen molar-refractivity contribution < 1.29 is 24.6 Å². The second-order valence-corrected chi connectivity index (χ2v) is 8.95. The van der Waals surface area contributed by atoms with Crippen molar-refractivity contribution in [1.82, 2.24) is 5.32 Å². The lowest BCUT2D eigenvalue weighted by atomic mass is 9.82. The summed E-state index contributed by atoms with van der Waals surface area (Å²) in [7, 11) is 0. The highest BCUT2D eigenvalue weighted by atomic mass is 79.9. The summed E-state index contributed by atoms with van der Waals surface area (Å²) < 4.78 is 0.863. The van der Waals surface area contributed by atoms with Crippen LogP contribution in [0.25, 0.3) is 0 Å². The van der Waals surface area contributed by atoms with E-state index in [1.54, 1.807) is 0 Å². The van der Waals surface area contributed by atoms with Gasteiger partial charge in [0, 0.05) is 23.0 Å². The Hall–Kier alpha value is -1.93. The molecule has 0 saturated heterocycles. The van der Waals surface area contributed by atoms with Gasteiger partial charge in [-0.05, 0) is 55.4 Å². The van der Waals surface area contributed by atoms with Gasteiger partial charge in [-0.15, -0.1) is 0 Å². The van der Waals surface area contributed by atoms with E-state index in [1.807, 2.05) is 18.2 Å². The van der Waals surface area contributed by atoms with Gasteiger partial charge in [-0.2, -0.15) is 0 Å². The van der Waals surface area contributed by atoms with Gasteiger partial charge in [-0.3, -0.25) is 19.8 Å². The fraction of sp³-hybridized carbons (Fsp3) is 0.550. The van der Waals surface area contributed by atoms with Gasteiger partial charge >= 0.3 is 12.1 Å². The van der Waals surface area contributed by atoms with Crippen molar-refractivity contribution in [3.05, 3.63) is 28.2 Å². The summed E-state index contributed by atoms with van der Waals surface area (Å²) in [6, 6.07) is 5.38. The fourth-order valence-corrected chi connectivity index (χ4v) is 5.28. The molecule has 7 nitrogen and oxygen atoms in total. The Labute approximate surface area is 171 Å². The first kappa shape index (κ1) is 19.4. The molecule has 2 saturated carbocycles. The predicted octanol–water partition coefficient (Wildman–Crippen LogP) is 3.71. The summed E-state index contributed by atoms with van der Waals surface area (Å²) in [5.74, 6) is -0.923. The number of ketones is 1. The first-order valence-electron chi connectivity index (χ1n) is 9.67. The Morgan fingerprint density at radius 2 is 1.93 bits per heavy atom. The van der Waals surface area contributed by atoms with E-state index in [1.165, 1.54) is 4.90 Å². The molecule has 3 aliphatic rings. The summed E-state index contributed by atoms with van der Waals surface area (Å²) in [5, 5.41) is 22.3. The van der Waals surface area contributed by atoms with Crippen molar-refractivity contribution in [2.24, 2.45) is 5.92 Å². The average molecular weight is 451 g/mol. The number of aliphatic carboxylic acids is 1. The molecular weight excluding hydrogens is 428 g/mol. The molecule has 1 amide bonds. The number of amides is 1. The molecule has 1 aromatic rings. The second-order valence-electron chi connectivity index (χ2n) is 8.04. The van der Waals surface area contributed by atoms with E-state index in [9.17, 15) is 19.5 Å². The number of nitrogens with zero attached hydrogens (tertiary/aromatic N) is 1. The third kappa shape index (κ3) is 3.33. The zero-order valence-electron chi connectivity index (χ0n) is 15.4. The Morgan fingerprint density at radius 1 is 1.18 bits per heavy atom. The lowest BCUT2D eigenvalue weighted by Crippen LogP contribution is -2.53. The molecule has 3 atom stereocenters. The van der Waals surface area contributed by atoms with E-state index >= 15 is 0 Å². The summed E-state index contributed by atoms with van der Waals surface area (Å²) in [5.41, 5.74) is 0.889. The van der Waals surface area contributed by atoms with Crippen LogP contribution in [-0.4, -0.2) is 39.6 Å². The molecule has 0 bridgehead atoms. The minimum absolute atomic E-state index is 0.0236. The van der Waals surface area contributed by atoms with Crippen molar-refractivity contribution in [2.75, 3.05) is 4.90 Å². The molecule has 8 heteroatoms. The molecule has 1 aliphatic heterocycles. The number of halogens is 1. The largest absolute Gasteiger partial charge is 0.481 e. The molecule has 28 heavy (non-hydrogen) atoms. The van der Waals surface area contributed by atoms with Crippen LogP contribution in [0.5, 0.6) is 0 Å². The third-order valence-electron chi connectivity index (χ3n) is 6.36. The van der Waals surface area contributed by atoms with Crippen LogP contribution in [0.3, 0.4) is 0 Å². The van der Waals surface area contributed by atoms with E-state index in [0.717, 1.165) is 29.3 Å². The van der Waals surface area contributed by atoms with E-state index in [0.29, 0.717) is 18.5 Å². The van der Waals surface area contributed by atoms with Crippen LogP contribution in [0.2, 0.25) is 0 Å². The van der Waals surface area contributed by atoms with Gasteiger partial charge in [0.15, 0.2) is 5.78 Å². The third-order valence-corrected chi connectivity index (χ3v) is 6.86. The number of fused-ring (bicyclic) bond motifs is 2. The highest BCUT2D eigenvalue weighted by Gasteiger charge is 2.54. The number of carbonyl (C=O) groups is 3. The summed E-state index contributed by atoms with van der Waals surface area (Å²) in [4.78, 5) is 37.0. The van der Waals surface area contributed by atoms with Crippen LogP contribution in [0, 0.1) is 5.92 Å². The molecular formula is C20H23BrN2O5. The standard InChI is InChI=1S/C20H23BrN2O5/c21-11-4-5-15-13(10-11)18(12-2-1-3-14(12)23(15)19(27)28)22-20(8-9-20)16(24)6-7-17(25)26/h4-5,10,12,14,18,22H,1-3,6-9H2,(H,25,26)(H,27,28). The van der Waals surface area contributed by atoms with Gasteiger partial charge < -0.3 is 10.2 Å². The van der Waals surface area contributed by atoms with Crippen LogP contribution in [-0.2, 0) is 9.59 Å². The normalized spacial score (nSPS) is 27.0. The molecule has 0 aromatic heterocycles. The number of Topliss-reactive ketones (excluding diaryl/α,β-unsaturated/α-hetero) is 1.